The molecule has 0 aliphatic carbocycles. The molecule has 0 saturated heterocycles. The van der Waals surface area contributed by atoms with Crippen LogP contribution in [0.15, 0.2) is 12.5 Å². The van der Waals surface area contributed by atoms with Gasteiger partial charge < -0.3 is 79.4 Å². The van der Waals surface area contributed by atoms with E-state index in [0.29, 0.717) is 5.69 Å². The summed E-state index contributed by atoms with van der Waals surface area (Å²) in [5.74, 6) is -14.5. The van der Waals surface area contributed by atoms with Crippen LogP contribution in [0.3, 0.4) is 0 Å². The molecule has 29 heteroatoms. The average Bonchev–Trinajstić information content (AvgIpc) is 3.77. The number of hydrogen-bond donors (Lipinski definition) is 16. The molecule has 0 aliphatic heterocycles. The molecule has 1 heterocycles. The molecule has 0 unspecified atom stereocenters. The van der Waals surface area contributed by atoms with Crippen molar-refractivity contribution in [3.05, 3.63) is 18.2 Å². The van der Waals surface area contributed by atoms with Gasteiger partial charge in [-0.15, -0.1) is 0 Å². The normalized spacial score (nSPS) is 15.4. The third-order valence-corrected chi connectivity index (χ3v) is 10.1. The monoisotopic (exact) mass is 972 g/mol. The van der Waals surface area contributed by atoms with Crippen LogP contribution in [0.5, 0.6) is 0 Å². The standard InChI is InChI=1S/C38H60N12O16S/c1-5-16(2)29(36(63)50-30(18(4)51)37(64)45-21(38(65)66)7-9-28(56)57)49-26(53)13-42-32(59)23(11-25(40)52)47-35(62)24(14-67)48-34(61)22(10-19-12-41-15-43-19)46-33(60)20(6-8-27(54)55)44-31(58)17(3)39/h12,15-18,20-24,29-30,51,67H,5-11,13-14,39H2,1-4H3,(H2,40,52)(H,41,43)(H,42,59)(H,44,58)(H,45,64)(H,46,60)(H,47,62)(H,48,61)(H,49,53)(H,50,63)(H,54,55)(H,56,57)(H,65,66)/t16-,17-,18+,20-,21-,22-,23-,24-,29-,30-/m0/s1. The summed E-state index contributed by atoms with van der Waals surface area (Å²) in [6, 6.07) is -12.2. The number of imidazole rings is 1. The van der Waals surface area contributed by atoms with E-state index in [1.165, 1.54) is 26.4 Å². The van der Waals surface area contributed by atoms with Crippen LogP contribution in [-0.4, -0.2) is 168 Å². The zero-order chi connectivity index (χ0) is 51.1. The number of carboxylic acids is 3. The number of H-pyrrole nitrogens is 1. The summed E-state index contributed by atoms with van der Waals surface area (Å²) in [7, 11) is 0. The number of amides is 9. The number of aliphatic carboxylic acids is 3. The molecule has 9 amide bonds. The molecule has 28 nitrogen and oxygen atoms in total. The first-order valence-corrected chi connectivity index (χ1v) is 21.3. The zero-order valence-electron chi connectivity index (χ0n) is 37.0. The Balaban J connectivity index is 3.17. The maximum atomic E-state index is 13.6. The molecule has 1 aromatic rings. The molecule has 17 N–H and O–H groups in total. The molecule has 67 heavy (non-hydrogen) atoms. The first kappa shape index (κ1) is 58.1. The number of aromatic nitrogens is 2. The Morgan fingerprint density at radius 2 is 1.18 bits per heavy atom. The lowest BCUT2D eigenvalue weighted by molar-refractivity contribution is -0.144. The number of carboxylic acid groups (broad SMARTS) is 3. The number of rotatable bonds is 31. The zero-order valence-corrected chi connectivity index (χ0v) is 37.9. The predicted octanol–water partition coefficient (Wildman–Crippen LogP) is -6.14. The van der Waals surface area contributed by atoms with Crippen LogP contribution in [-0.2, 0) is 64.0 Å². The summed E-state index contributed by atoms with van der Waals surface area (Å²) in [6.45, 7) is 4.75. The van der Waals surface area contributed by atoms with Crippen LogP contribution in [0.1, 0.15) is 71.9 Å². The summed E-state index contributed by atoms with van der Waals surface area (Å²) in [5.41, 5.74) is 11.2. The highest BCUT2D eigenvalue weighted by molar-refractivity contribution is 7.80. The topological polar surface area (TPSA) is 463 Å². The number of nitrogens with two attached hydrogens (primary N) is 2. The van der Waals surface area contributed by atoms with Gasteiger partial charge in [-0.2, -0.15) is 12.6 Å². The molecule has 10 atom stereocenters. The van der Waals surface area contributed by atoms with E-state index in [1.807, 2.05) is 0 Å². The minimum Gasteiger partial charge on any atom is -0.481 e. The van der Waals surface area contributed by atoms with Gasteiger partial charge in [0.1, 0.15) is 42.3 Å². The van der Waals surface area contributed by atoms with Gasteiger partial charge >= 0.3 is 17.9 Å². The Kier molecular flexibility index (Phi) is 25.1. The molecule has 1 rings (SSSR count). The second kappa shape index (κ2) is 28.9. The van der Waals surface area contributed by atoms with Gasteiger partial charge in [-0.25, -0.2) is 9.78 Å². The molecule has 374 valence electrons. The van der Waals surface area contributed by atoms with E-state index in [1.54, 1.807) is 6.92 Å². The van der Waals surface area contributed by atoms with Crippen LogP contribution in [0.2, 0.25) is 0 Å². The van der Waals surface area contributed by atoms with Crippen molar-refractivity contribution in [2.24, 2.45) is 17.4 Å². The number of nitrogens with zero attached hydrogens (tertiary/aromatic N) is 1. The largest absolute Gasteiger partial charge is 0.481 e. The maximum Gasteiger partial charge on any atom is 0.326 e. The van der Waals surface area contributed by atoms with Crippen LogP contribution in [0, 0.1) is 5.92 Å². The number of primary amides is 1. The van der Waals surface area contributed by atoms with Crippen molar-refractivity contribution in [3.8, 4) is 0 Å². The molecule has 0 saturated carbocycles. The Hall–Kier alpha value is -6.88. The van der Waals surface area contributed by atoms with E-state index < -0.39 is 169 Å². The minimum atomic E-state index is -1.77. The number of aliphatic hydroxyl groups is 1. The van der Waals surface area contributed by atoms with Crippen LogP contribution in [0.4, 0.5) is 0 Å². The van der Waals surface area contributed by atoms with Gasteiger partial charge in [0, 0.05) is 36.9 Å². The highest BCUT2D eigenvalue weighted by atomic mass is 32.1. The second-order valence-corrected chi connectivity index (χ2v) is 15.7. The van der Waals surface area contributed by atoms with Crippen LogP contribution >= 0.6 is 12.6 Å². The molecule has 1 aromatic heterocycles. The average molecular weight is 973 g/mol. The van der Waals surface area contributed by atoms with Crippen molar-refractivity contribution in [1.29, 1.82) is 0 Å². The van der Waals surface area contributed by atoms with Crippen LogP contribution in [0.25, 0.3) is 0 Å². The predicted molar refractivity (Wildman–Crippen MR) is 233 cm³/mol. The van der Waals surface area contributed by atoms with Crippen molar-refractivity contribution in [2.75, 3.05) is 12.3 Å². The maximum absolute atomic E-state index is 13.6. The highest BCUT2D eigenvalue weighted by Gasteiger charge is 2.36. The fourth-order valence-corrected chi connectivity index (χ4v) is 6.00. The van der Waals surface area contributed by atoms with E-state index in [-0.39, 0.29) is 19.3 Å². The first-order chi connectivity index (χ1) is 31.3. The second-order valence-electron chi connectivity index (χ2n) is 15.3. The third kappa shape index (κ3) is 21.3. The number of nitrogens with one attached hydrogen (secondary N) is 9. The number of hydrogen-bond acceptors (Lipinski definition) is 16. The highest BCUT2D eigenvalue weighted by Crippen LogP contribution is 2.10. The number of aliphatic hydroxyl groups excluding tert-OH is 1. The van der Waals surface area contributed by atoms with Crippen molar-refractivity contribution < 1.29 is 78.0 Å². The van der Waals surface area contributed by atoms with Gasteiger partial charge in [-0.3, -0.25) is 52.7 Å². The Bertz CT molecular complexity index is 1940. The summed E-state index contributed by atoms with van der Waals surface area (Å²) >= 11 is 4.11. The fourth-order valence-electron chi connectivity index (χ4n) is 5.74. The van der Waals surface area contributed by atoms with E-state index in [0.717, 1.165) is 6.92 Å². The lowest BCUT2D eigenvalue weighted by Gasteiger charge is -2.28. The van der Waals surface area contributed by atoms with Gasteiger partial charge in [0.05, 0.1) is 31.4 Å². The minimum absolute atomic E-state index is 0.262. The number of carbonyl (C=O) groups is 12. The van der Waals surface area contributed by atoms with Crippen molar-refractivity contribution >= 4 is 83.7 Å². The quantitative estimate of drug-likeness (QED) is 0.0308. The van der Waals surface area contributed by atoms with E-state index in [4.69, 9.17) is 16.6 Å². The number of thiol groups is 1. The summed E-state index contributed by atoms with van der Waals surface area (Å²) < 4.78 is 0. The Morgan fingerprint density at radius 1 is 0.672 bits per heavy atom. The molecular weight excluding hydrogens is 913 g/mol. The number of carbonyl (C=O) groups excluding carboxylic acids is 9. The smallest absolute Gasteiger partial charge is 0.326 e. The summed E-state index contributed by atoms with van der Waals surface area (Å²) in [5, 5.41) is 56.0. The summed E-state index contributed by atoms with van der Waals surface area (Å²) in [6.07, 6.45) is -1.91. The Morgan fingerprint density at radius 3 is 1.67 bits per heavy atom. The van der Waals surface area contributed by atoms with Gasteiger partial charge in [-0.05, 0) is 32.6 Å². The van der Waals surface area contributed by atoms with Crippen molar-refractivity contribution in [1.82, 2.24) is 52.5 Å². The van der Waals surface area contributed by atoms with Crippen molar-refractivity contribution in [3.63, 3.8) is 0 Å². The number of aromatic amines is 1. The fraction of sp³-hybridized carbons (Fsp3) is 0.605. The van der Waals surface area contributed by atoms with Gasteiger partial charge in [0.2, 0.25) is 53.2 Å². The van der Waals surface area contributed by atoms with Crippen LogP contribution < -0.4 is 54.0 Å². The molecular formula is C38H60N12O16S. The molecule has 0 fully saturated rings. The third-order valence-electron chi connectivity index (χ3n) is 9.72. The van der Waals surface area contributed by atoms with E-state index in [2.05, 4.69) is 65.1 Å². The van der Waals surface area contributed by atoms with Crippen molar-refractivity contribution in [2.45, 2.75) is 127 Å². The SMILES string of the molecule is CC[C@H](C)[C@H](NC(=O)CNC(=O)[C@H](CC(N)=O)NC(=O)[C@H](CS)NC(=O)[C@H](Cc1cnc[nH]1)NC(=O)[C@H](CCC(=O)O)NC(=O)[C@H](C)N)C(=O)N[C@H](C(=O)N[C@@H](CCC(=O)O)C(=O)O)[C@@H](C)O. The van der Waals surface area contributed by atoms with Gasteiger partial charge in [0.15, 0.2) is 0 Å². The molecule has 0 aliphatic rings. The van der Waals surface area contributed by atoms with E-state index >= 15 is 0 Å². The molecule has 0 aromatic carbocycles. The first-order valence-electron chi connectivity index (χ1n) is 20.7. The molecule has 0 spiro atoms. The molecule has 0 bridgehead atoms. The van der Waals surface area contributed by atoms with E-state index in [9.17, 15) is 72.9 Å². The lowest BCUT2D eigenvalue weighted by Crippen LogP contribution is -2.61. The lowest BCUT2D eigenvalue weighted by atomic mass is 9.97. The Labute approximate surface area is 388 Å². The summed E-state index contributed by atoms with van der Waals surface area (Å²) in [4.78, 5) is 158. The van der Waals surface area contributed by atoms with Gasteiger partial charge in [0.25, 0.3) is 0 Å². The van der Waals surface area contributed by atoms with Gasteiger partial charge in [-0.1, -0.05) is 20.3 Å². The molecule has 0 radical (unpaired) electrons.